The second kappa shape index (κ2) is 6.28. The summed E-state index contributed by atoms with van der Waals surface area (Å²) in [5, 5.41) is 16.5. The van der Waals surface area contributed by atoms with Gasteiger partial charge >= 0.3 is 5.97 Å². The van der Waals surface area contributed by atoms with Crippen molar-refractivity contribution in [1.29, 1.82) is 0 Å². The van der Waals surface area contributed by atoms with Gasteiger partial charge in [-0.05, 0) is 31.7 Å². The van der Waals surface area contributed by atoms with Gasteiger partial charge < -0.3 is 10.4 Å². The summed E-state index contributed by atoms with van der Waals surface area (Å²) >= 11 is 0. The number of rotatable bonds is 5. The van der Waals surface area contributed by atoms with E-state index in [2.05, 4.69) is 10.4 Å². The lowest BCUT2D eigenvalue weighted by Gasteiger charge is -2.17. The standard InChI is InChI=1S/C15H23N3O3/c1-4-18-13(8-12(17-18)9(2)3)14(19)16-11-7-5-6-10(11)15(20)21/h8-11H,4-7H2,1-3H3,(H,16,19)(H,20,21). The molecule has 0 aromatic carbocycles. The van der Waals surface area contributed by atoms with Crippen LogP contribution in [0.1, 0.15) is 62.1 Å². The number of aryl methyl sites for hydroxylation is 1. The monoisotopic (exact) mass is 293 g/mol. The van der Waals surface area contributed by atoms with E-state index < -0.39 is 11.9 Å². The highest BCUT2D eigenvalue weighted by Gasteiger charge is 2.34. The highest BCUT2D eigenvalue weighted by Crippen LogP contribution is 2.26. The number of hydrogen-bond donors (Lipinski definition) is 2. The Morgan fingerprint density at radius 3 is 2.76 bits per heavy atom. The molecule has 1 aliphatic carbocycles. The summed E-state index contributed by atoms with van der Waals surface area (Å²) in [6, 6.07) is 1.52. The molecule has 2 atom stereocenters. The average molecular weight is 293 g/mol. The Morgan fingerprint density at radius 2 is 2.19 bits per heavy atom. The molecule has 116 valence electrons. The molecule has 1 heterocycles. The lowest BCUT2D eigenvalue weighted by Crippen LogP contribution is -2.40. The first-order valence-corrected chi connectivity index (χ1v) is 7.55. The lowest BCUT2D eigenvalue weighted by atomic mass is 10.0. The number of hydrogen-bond acceptors (Lipinski definition) is 3. The molecule has 21 heavy (non-hydrogen) atoms. The first-order valence-electron chi connectivity index (χ1n) is 7.55. The van der Waals surface area contributed by atoms with Gasteiger partial charge in [0.1, 0.15) is 5.69 Å². The predicted octanol–water partition coefficient (Wildman–Crippen LogP) is 2.01. The van der Waals surface area contributed by atoms with Crippen molar-refractivity contribution >= 4 is 11.9 Å². The van der Waals surface area contributed by atoms with Crippen LogP contribution in [-0.2, 0) is 11.3 Å². The molecule has 2 N–H and O–H groups in total. The fourth-order valence-electron chi connectivity index (χ4n) is 2.81. The third kappa shape index (κ3) is 3.25. The van der Waals surface area contributed by atoms with E-state index in [1.807, 2.05) is 20.8 Å². The molecule has 2 unspecified atom stereocenters. The van der Waals surface area contributed by atoms with Crippen molar-refractivity contribution in [3.05, 3.63) is 17.5 Å². The topological polar surface area (TPSA) is 84.2 Å². The second-order valence-corrected chi connectivity index (χ2v) is 5.88. The van der Waals surface area contributed by atoms with Gasteiger partial charge in [-0.25, -0.2) is 0 Å². The van der Waals surface area contributed by atoms with Crippen molar-refractivity contribution in [2.75, 3.05) is 0 Å². The first-order chi connectivity index (χ1) is 9.93. The van der Waals surface area contributed by atoms with Gasteiger partial charge in [-0.15, -0.1) is 0 Å². The summed E-state index contributed by atoms with van der Waals surface area (Å²) in [6.07, 6.45) is 2.19. The number of carbonyl (C=O) groups excluding carboxylic acids is 1. The molecular formula is C15H23N3O3. The zero-order chi connectivity index (χ0) is 15.6. The third-order valence-electron chi connectivity index (χ3n) is 4.07. The Kier molecular flexibility index (Phi) is 4.65. The number of carboxylic acids is 1. The molecule has 0 aliphatic heterocycles. The van der Waals surface area contributed by atoms with E-state index in [1.54, 1.807) is 10.7 Å². The highest BCUT2D eigenvalue weighted by atomic mass is 16.4. The quantitative estimate of drug-likeness (QED) is 0.869. The molecule has 1 amide bonds. The van der Waals surface area contributed by atoms with E-state index in [1.165, 1.54) is 0 Å². The van der Waals surface area contributed by atoms with Crippen LogP contribution in [0, 0.1) is 5.92 Å². The number of nitrogens with one attached hydrogen (secondary N) is 1. The van der Waals surface area contributed by atoms with Crippen LogP contribution in [0.4, 0.5) is 0 Å². The fourth-order valence-corrected chi connectivity index (χ4v) is 2.81. The molecule has 2 rings (SSSR count). The van der Waals surface area contributed by atoms with Gasteiger partial charge in [-0.1, -0.05) is 20.3 Å². The Bertz CT molecular complexity index is 536. The molecule has 6 heteroatoms. The van der Waals surface area contributed by atoms with Crippen molar-refractivity contribution < 1.29 is 14.7 Å². The smallest absolute Gasteiger partial charge is 0.308 e. The van der Waals surface area contributed by atoms with Crippen LogP contribution in [0.15, 0.2) is 6.07 Å². The average Bonchev–Trinajstić information content (AvgIpc) is 3.04. The molecule has 1 aliphatic rings. The van der Waals surface area contributed by atoms with Crippen LogP contribution >= 0.6 is 0 Å². The van der Waals surface area contributed by atoms with Crippen molar-refractivity contribution in [3.8, 4) is 0 Å². The van der Waals surface area contributed by atoms with Gasteiger partial charge in [0, 0.05) is 12.6 Å². The second-order valence-electron chi connectivity index (χ2n) is 5.88. The van der Waals surface area contributed by atoms with E-state index in [4.69, 9.17) is 0 Å². The molecular weight excluding hydrogens is 270 g/mol. The minimum absolute atomic E-state index is 0.227. The summed E-state index contributed by atoms with van der Waals surface area (Å²) in [7, 11) is 0. The molecule has 6 nitrogen and oxygen atoms in total. The normalized spacial score (nSPS) is 21.7. The Hall–Kier alpha value is -1.85. The maximum absolute atomic E-state index is 12.4. The van der Waals surface area contributed by atoms with Crippen LogP contribution in [-0.4, -0.2) is 32.8 Å². The van der Waals surface area contributed by atoms with Crippen molar-refractivity contribution in [1.82, 2.24) is 15.1 Å². The number of nitrogens with zero attached hydrogens (tertiary/aromatic N) is 2. The minimum atomic E-state index is -0.829. The number of amides is 1. The Morgan fingerprint density at radius 1 is 1.48 bits per heavy atom. The van der Waals surface area contributed by atoms with Crippen LogP contribution < -0.4 is 5.32 Å². The molecule has 1 aromatic heterocycles. The summed E-state index contributed by atoms with van der Waals surface area (Å²) in [6.45, 7) is 6.61. The van der Waals surface area contributed by atoms with Gasteiger partial charge in [-0.3, -0.25) is 14.3 Å². The maximum Gasteiger partial charge on any atom is 0.308 e. The van der Waals surface area contributed by atoms with Gasteiger partial charge in [0.2, 0.25) is 0 Å². The highest BCUT2D eigenvalue weighted by molar-refractivity contribution is 5.93. The van der Waals surface area contributed by atoms with Crippen LogP contribution in [0.3, 0.4) is 0 Å². The van der Waals surface area contributed by atoms with Gasteiger partial charge in [0.15, 0.2) is 0 Å². The minimum Gasteiger partial charge on any atom is -0.481 e. The largest absolute Gasteiger partial charge is 0.481 e. The first kappa shape index (κ1) is 15.5. The van der Waals surface area contributed by atoms with E-state index in [9.17, 15) is 14.7 Å². The van der Waals surface area contributed by atoms with Gasteiger partial charge in [0.05, 0.1) is 11.6 Å². The Balaban J connectivity index is 2.15. The van der Waals surface area contributed by atoms with Gasteiger partial charge in [0.25, 0.3) is 5.91 Å². The zero-order valence-corrected chi connectivity index (χ0v) is 12.8. The van der Waals surface area contributed by atoms with E-state index in [-0.39, 0.29) is 17.9 Å². The van der Waals surface area contributed by atoms with Crippen molar-refractivity contribution in [2.45, 2.75) is 58.5 Å². The molecule has 1 aromatic rings. The molecule has 0 bridgehead atoms. The zero-order valence-electron chi connectivity index (χ0n) is 12.8. The Labute approximate surface area is 124 Å². The number of carboxylic acid groups (broad SMARTS) is 1. The number of carbonyl (C=O) groups is 2. The summed E-state index contributed by atoms with van der Waals surface area (Å²) in [5.41, 5.74) is 1.39. The summed E-state index contributed by atoms with van der Waals surface area (Å²) in [5.74, 6) is -1.28. The SMILES string of the molecule is CCn1nc(C(C)C)cc1C(=O)NC1CCCC1C(=O)O. The molecule has 0 saturated heterocycles. The number of aliphatic carboxylic acids is 1. The van der Waals surface area contributed by atoms with E-state index in [0.29, 0.717) is 18.7 Å². The summed E-state index contributed by atoms with van der Waals surface area (Å²) in [4.78, 5) is 23.6. The van der Waals surface area contributed by atoms with Crippen LogP contribution in [0.25, 0.3) is 0 Å². The summed E-state index contributed by atoms with van der Waals surface area (Å²) < 4.78 is 1.68. The van der Waals surface area contributed by atoms with Crippen LogP contribution in [0.2, 0.25) is 0 Å². The van der Waals surface area contributed by atoms with Gasteiger partial charge in [-0.2, -0.15) is 5.10 Å². The molecule has 1 saturated carbocycles. The number of aromatic nitrogens is 2. The fraction of sp³-hybridized carbons (Fsp3) is 0.667. The third-order valence-corrected chi connectivity index (χ3v) is 4.07. The predicted molar refractivity (Wildman–Crippen MR) is 78.2 cm³/mol. The molecule has 0 radical (unpaired) electrons. The van der Waals surface area contributed by atoms with E-state index in [0.717, 1.165) is 18.5 Å². The molecule has 0 spiro atoms. The van der Waals surface area contributed by atoms with Crippen LogP contribution in [0.5, 0.6) is 0 Å². The lowest BCUT2D eigenvalue weighted by molar-refractivity contribution is -0.142. The molecule has 1 fully saturated rings. The van der Waals surface area contributed by atoms with E-state index >= 15 is 0 Å². The van der Waals surface area contributed by atoms with Crippen molar-refractivity contribution in [2.24, 2.45) is 5.92 Å². The maximum atomic E-state index is 12.4. The van der Waals surface area contributed by atoms with Crippen molar-refractivity contribution in [3.63, 3.8) is 0 Å².